The molecule has 6 heteroatoms. The first kappa shape index (κ1) is 17.2. The maximum Gasteiger partial charge on any atom is 0.303 e. The molecule has 1 amide bonds. The van der Waals surface area contributed by atoms with Crippen molar-refractivity contribution in [1.82, 2.24) is 10.2 Å². The van der Waals surface area contributed by atoms with E-state index in [1.807, 2.05) is 31.1 Å². The summed E-state index contributed by atoms with van der Waals surface area (Å²) in [5.41, 5.74) is -0.561. The number of amides is 1. The Balaban J connectivity index is 2.53. The Kier molecular flexibility index (Phi) is 5.96. The Hall–Kier alpha value is -1.82. The monoisotopic (exact) mass is 296 g/mol. The molecule has 1 heterocycles. The van der Waals surface area contributed by atoms with Gasteiger partial charge in [0.15, 0.2) is 0 Å². The summed E-state index contributed by atoms with van der Waals surface area (Å²) in [5, 5.41) is 11.7. The Bertz CT molecular complexity index is 466. The number of furan rings is 1. The van der Waals surface area contributed by atoms with E-state index in [1.54, 1.807) is 20.1 Å². The largest absolute Gasteiger partial charge is 0.481 e. The summed E-state index contributed by atoms with van der Waals surface area (Å²) >= 11 is 0. The molecule has 0 saturated heterocycles. The van der Waals surface area contributed by atoms with E-state index >= 15 is 0 Å². The van der Waals surface area contributed by atoms with Crippen LogP contribution in [0.3, 0.4) is 0 Å². The van der Waals surface area contributed by atoms with Crippen molar-refractivity contribution in [2.45, 2.75) is 32.7 Å². The first-order valence-electron chi connectivity index (χ1n) is 6.89. The number of likely N-dealkylation sites (N-methyl/N-ethyl adjacent to an activating group) is 1. The predicted octanol–water partition coefficient (Wildman–Crippen LogP) is 1.89. The molecule has 0 saturated carbocycles. The highest BCUT2D eigenvalue weighted by atomic mass is 16.4. The summed E-state index contributed by atoms with van der Waals surface area (Å²) in [6.07, 6.45) is 1.75. The summed E-state index contributed by atoms with van der Waals surface area (Å²) in [4.78, 5) is 24.7. The van der Waals surface area contributed by atoms with Crippen LogP contribution in [0.25, 0.3) is 0 Å². The predicted molar refractivity (Wildman–Crippen MR) is 78.8 cm³/mol. The maximum atomic E-state index is 12.0. The third-order valence-electron chi connectivity index (χ3n) is 3.26. The van der Waals surface area contributed by atoms with Gasteiger partial charge in [0.25, 0.3) is 0 Å². The van der Waals surface area contributed by atoms with Crippen LogP contribution in [-0.2, 0) is 9.59 Å². The van der Waals surface area contributed by atoms with E-state index in [1.165, 1.54) is 0 Å². The van der Waals surface area contributed by atoms with Gasteiger partial charge in [-0.1, -0.05) is 13.8 Å². The lowest BCUT2D eigenvalue weighted by atomic mass is 9.85. The first-order chi connectivity index (χ1) is 9.71. The van der Waals surface area contributed by atoms with E-state index in [-0.39, 0.29) is 24.8 Å². The Morgan fingerprint density at radius 1 is 1.38 bits per heavy atom. The number of rotatable bonds is 8. The van der Waals surface area contributed by atoms with E-state index in [0.717, 1.165) is 5.76 Å². The van der Waals surface area contributed by atoms with Crippen molar-refractivity contribution in [3.8, 4) is 0 Å². The number of hydrogen-bond acceptors (Lipinski definition) is 4. The highest BCUT2D eigenvalue weighted by Crippen LogP contribution is 2.25. The van der Waals surface area contributed by atoms with Gasteiger partial charge in [0.2, 0.25) is 5.91 Å². The van der Waals surface area contributed by atoms with Gasteiger partial charge >= 0.3 is 5.97 Å². The molecular formula is C15H24N2O4. The molecule has 0 radical (unpaired) electrons. The third-order valence-corrected chi connectivity index (χ3v) is 3.26. The van der Waals surface area contributed by atoms with Crippen LogP contribution in [0.15, 0.2) is 22.8 Å². The molecule has 0 fully saturated rings. The van der Waals surface area contributed by atoms with Gasteiger partial charge in [-0.25, -0.2) is 0 Å². The van der Waals surface area contributed by atoms with Gasteiger partial charge in [0.05, 0.1) is 18.7 Å². The maximum absolute atomic E-state index is 12.0. The van der Waals surface area contributed by atoms with E-state index in [4.69, 9.17) is 9.52 Å². The van der Waals surface area contributed by atoms with Gasteiger partial charge in [0.1, 0.15) is 5.76 Å². The lowest BCUT2D eigenvalue weighted by Crippen LogP contribution is -2.36. The molecule has 0 spiro atoms. The van der Waals surface area contributed by atoms with Crippen molar-refractivity contribution in [2.75, 3.05) is 20.6 Å². The molecule has 0 aromatic carbocycles. The van der Waals surface area contributed by atoms with Crippen LogP contribution in [0.2, 0.25) is 0 Å². The number of nitrogens with zero attached hydrogens (tertiary/aromatic N) is 1. The summed E-state index contributed by atoms with van der Waals surface area (Å²) in [5.74, 6) is -0.265. The minimum absolute atomic E-state index is 0.0320. The van der Waals surface area contributed by atoms with Gasteiger partial charge in [-0.15, -0.1) is 0 Å². The number of hydrogen-bond donors (Lipinski definition) is 2. The van der Waals surface area contributed by atoms with E-state index in [9.17, 15) is 9.59 Å². The molecular weight excluding hydrogens is 272 g/mol. The molecule has 1 rings (SSSR count). The minimum Gasteiger partial charge on any atom is -0.481 e. The molecule has 0 aliphatic rings. The molecule has 2 N–H and O–H groups in total. The van der Waals surface area contributed by atoms with Crippen molar-refractivity contribution in [1.29, 1.82) is 0 Å². The normalized spacial score (nSPS) is 13.2. The van der Waals surface area contributed by atoms with Crippen molar-refractivity contribution in [3.05, 3.63) is 24.2 Å². The van der Waals surface area contributed by atoms with Gasteiger partial charge in [-0.05, 0) is 31.6 Å². The Labute approximate surface area is 125 Å². The fourth-order valence-electron chi connectivity index (χ4n) is 2.20. The third kappa shape index (κ3) is 5.99. The molecule has 1 atom stereocenters. The van der Waals surface area contributed by atoms with Crippen LogP contribution in [0.1, 0.15) is 38.5 Å². The zero-order valence-corrected chi connectivity index (χ0v) is 13.0. The van der Waals surface area contributed by atoms with Gasteiger partial charge in [-0.2, -0.15) is 0 Å². The highest BCUT2D eigenvalue weighted by molar-refractivity contribution is 5.77. The lowest BCUT2D eigenvalue weighted by molar-refractivity contribution is -0.139. The van der Waals surface area contributed by atoms with Crippen molar-refractivity contribution < 1.29 is 19.1 Å². The molecule has 0 bridgehead atoms. The molecule has 118 valence electrons. The van der Waals surface area contributed by atoms with E-state index in [0.29, 0.717) is 6.54 Å². The zero-order chi connectivity index (χ0) is 16.0. The van der Waals surface area contributed by atoms with Crippen molar-refractivity contribution in [3.63, 3.8) is 0 Å². The van der Waals surface area contributed by atoms with Gasteiger partial charge in [-0.3, -0.25) is 14.5 Å². The topological polar surface area (TPSA) is 82.8 Å². The van der Waals surface area contributed by atoms with Crippen LogP contribution in [0, 0.1) is 5.41 Å². The average molecular weight is 296 g/mol. The van der Waals surface area contributed by atoms with Gasteiger partial charge < -0.3 is 14.8 Å². The molecule has 21 heavy (non-hydrogen) atoms. The number of carboxylic acid groups (broad SMARTS) is 1. The number of carbonyl (C=O) groups excluding carboxylic acids is 1. The van der Waals surface area contributed by atoms with Crippen LogP contribution >= 0.6 is 0 Å². The van der Waals surface area contributed by atoms with Crippen molar-refractivity contribution >= 4 is 11.9 Å². The van der Waals surface area contributed by atoms with Gasteiger partial charge in [0, 0.05) is 13.0 Å². The quantitative estimate of drug-likeness (QED) is 0.765. The minimum atomic E-state index is -0.894. The second kappa shape index (κ2) is 7.26. The summed E-state index contributed by atoms with van der Waals surface area (Å²) in [7, 11) is 3.82. The SMILES string of the molecule is CN(C)C(CNC(=O)CC(C)(C)CC(=O)O)c1ccco1. The summed E-state index contributed by atoms with van der Waals surface area (Å²) in [6.45, 7) is 3.97. The van der Waals surface area contributed by atoms with Crippen LogP contribution in [0.4, 0.5) is 0 Å². The molecule has 0 aliphatic carbocycles. The lowest BCUT2D eigenvalue weighted by Gasteiger charge is -2.25. The molecule has 0 aliphatic heterocycles. The van der Waals surface area contributed by atoms with Crippen LogP contribution in [-0.4, -0.2) is 42.5 Å². The fraction of sp³-hybridized carbons (Fsp3) is 0.600. The van der Waals surface area contributed by atoms with E-state index < -0.39 is 11.4 Å². The number of aliphatic carboxylic acids is 1. The molecule has 1 aromatic heterocycles. The fourth-order valence-corrected chi connectivity index (χ4v) is 2.20. The van der Waals surface area contributed by atoms with Crippen LogP contribution < -0.4 is 5.32 Å². The molecule has 1 aromatic rings. The number of nitrogens with one attached hydrogen (secondary N) is 1. The Morgan fingerprint density at radius 3 is 2.52 bits per heavy atom. The average Bonchev–Trinajstić information content (AvgIpc) is 2.79. The summed E-state index contributed by atoms with van der Waals surface area (Å²) in [6, 6.07) is 3.63. The Morgan fingerprint density at radius 2 is 2.05 bits per heavy atom. The standard InChI is InChI=1S/C15H24N2O4/c1-15(2,9-14(19)20)8-13(18)16-10-11(17(3)4)12-6-5-7-21-12/h5-7,11H,8-10H2,1-4H3,(H,16,18)(H,19,20). The molecule has 6 nitrogen and oxygen atoms in total. The zero-order valence-electron chi connectivity index (χ0n) is 13.0. The first-order valence-corrected chi connectivity index (χ1v) is 6.89. The highest BCUT2D eigenvalue weighted by Gasteiger charge is 2.26. The van der Waals surface area contributed by atoms with Crippen molar-refractivity contribution in [2.24, 2.45) is 5.41 Å². The molecule has 1 unspecified atom stereocenters. The smallest absolute Gasteiger partial charge is 0.303 e. The number of carbonyl (C=O) groups is 2. The second-order valence-electron chi connectivity index (χ2n) is 6.21. The second-order valence-corrected chi connectivity index (χ2v) is 6.21. The summed E-state index contributed by atoms with van der Waals surface area (Å²) < 4.78 is 5.37. The van der Waals surface area contributed by atoms with E-state index in [2.05, 4.69) is 5.32 Å². The number of carboxylic acids is 1. The van der Waals surface area contributed by atoms with Crippen LogP contribution in [0.5, 0.6) is 0 Å².